The third kappa shape index (κ3) is 3.94. The van der Waals surface area contributed by atoms with Crippen molar-refractivity contribution in [2.24, 2.45) is 0 Å². The zero-order valence-electron chi connectivity index (χ0n) is 16.0. The van der Waals surface area contributed by atoms with Gasteiger partial charge < -0.3 is 5.32 Å². The minimum Gasteiger partial charge on any atom is -0.350 e. The topological polar surface area (TPSA) is 75.9 Å². The summed E-state index contributed by atoms with van der Waals surface area (Å²) in [6.45, 7) is 4.70. The van der Waals surface area contributed by atoms with E-state index in [2.05, 4.69) is 50.0 Å². The van der Waals surface area contributed by atoms with E-state index in [1.165, 1.54) is 18.4 Å². The third-order valence-electron chi connectivity index (χ3n) is 5.28. The monoisotopic (exact) mass is 376 g/mol. The molecule has 28 heavy (non-hydrogen) atoms. The van der Waals surface area contributed by atoms with Gasteiger partial charge in [-0.2, -0.15) is 0 Å². The fourth-order valence-corrected chi connectivity index (χ4v) is 3.80. The largest absolute Gasteiger partial charge is 0.350 e. The number of aromatic nitrogens is 4. The number of hydrogen-bond acceptors (Lipinski definition) is 5. The summed E-state index contributed by atoms with van der Waals surface area (Å²) < 4.78 is 1.59. The van der Waals surface area contributed by atoms with E-state index in [0.29, 0.717) is 12.1 Å². The average Bonchev–Trinajstić information content (AvgIpc) is 3.43. The van der Waals surface area contributed by atoms with Crippen LogP contribution in [-0.2, 0) is 0 Å². The average molecular weight is 376 g/mol. The molecule has 0 radical (unpaired) electrons. The fourth-order valence-electron chi connectivity index (χ4n) is 3.80. The van der Waals surface area contributed by atoms with Gasteiger partial charge in [-0.25, -0.2) is 4.68 Å². The van der Waals surface area contributed by atoms with E-state index in [-0.39, 0.29) is 11.9 Å². The van der Waals surface area contributed by atoms with Crippen LogP contribution in [-0.4, -0.2) is 50.6 Å². The van der Waals surface area contributed by atoms with Crippen molar-refractivity contribution in [2.45, 2.75) is 25.8 Å². The first-order chi connectivity index (χ1) is 13.7. The van der Waals surface area contributed by atoms with Crippen LogP contribution < -0.4 is 5.32 Å². The first-order valence-electron chi connectivity index (χ1n) is 9.63. The zero-order valence-corrected chi connectivity index (χ0v) is 16.0. The molecular formula is C21H24N6O. The van der Waals surface area contributed by atoms with Gasteiger partial charge in [0.15, 0.2) is 0 Å². The maximum atomic E-state index is 12.8. The predicted octanol–water partition coefficient (Wildman–Crippen LogP) is 2.54. The maximum absolute atomic E-state index is 12.8. The molecule has 2 aromatic carbocycles. The lowest BCUT2D eigenvalue weighted by atomic mass is 10.0. The Kier molecular flexibility index (Phi) is 5.43. The van der Waals surface area contributed by atoms with E-state index in [4.69, 9.17) is 0 Å². The Morgan fingerprint density at radius 3 is 2.61 bits per heavy atom. The molecule has 7 heteroatoms. The molecule has 144 valence electrons. The van der Waals surface area contributed by atoms with Crippen molar-refractivity contribution >= 4 is 5.91 Å². The lowest BCUT2D eigenvalue weighted by Gasteiger charge is -2.28. The second kappa shape index (κ2) is 8.31. The van der Waals surface area contributed by atoms with E-state index in [1.807, 2.05) is 31.2 Å². The van der Waals surface area contributed by atoms with Gasteiger partial charge in [0.25, 0.3) is 5.91 Å². The lowest BCUT2D eigenvalue weighted by Crippen LogP contribution is -2.36. The molecule has 0 saturated carbocycles. The molecule has 3 aromatic rings. The number of rotatable bonds is 6. The van der Waals surface area contributed by atoms with Gasteiger partial charge in [0.05, 0.1) is 11.7 Å². The number of nitrogens with zero attached hydrogens (tertiary/aromatic N) is 5. The molecular weight excluding hydrogens is 352 g/mol. The lowest BCUT2D eigenvalue weighted by molar-refractivity contribution is 0.0938. The molecule has 1 amide bonds. The van der Waals surface area contributed by atoms with Crippen molar-refractivity contribution in [1.29, 1.82) is 0 Å². The Morgan fingerprint density at radius 1 is 1.14 bits per heavy atom. The van der Waals surface area contributed by atoms with Crippen molar-refractivity contribution in [2.75, 3.05) is 19.6 Å². The molecule has 1 N–H and O–H groups in total. The van der Waals surface area contributed by atoms with Crippen LogP contribution in [0, 0.1) is 6.92 Å². The van der Waals surface area contributed by atoms with Gasteiger partial charge in [0, 0.05) is 12.1 Å². The molecule has 0 aliphatic carbocycles. The van der Waals surface area contributed by atoms with Gasteiger partial charge in [0.2, 0.25) is 0 Å². The molecule has 1 fully saturated rings. The molecule has 1 unspecified atom stereocenters. The molecule has 0 bridgehead atoms. The highest BCUT2D eigenvalue weighted by atomic mass is 16.1. The first kappa shape index (κ1) is 18.3. The molecule has 1 atom stereocenters. The number of tetrazole rings is 1. The summed E-state index contributed by atoms with van der Waals surface area (Å²) in [6, 6.07) is 16.2. The van der Waals surface area contributed by atoms with Crippen LogP contribution in [0.2, 0.25) is 0 Å². The quantitative estimate of drug-likeness (QED) is 0.715. The van der Waals surface area contributed by atoms with Gasteiger partial charge >= 0.3 is 0 Å². The Labute approximate surface area is 164 Å². The van der Waals surface area contributed by atoms with Gasteiger partial charge in [-0.1, -0.05) is 30.3 Å². The van der Waals surface area contributed by atoms with E-state index < -0.39 is 0 Å². The summed E-state index contributed by atoms with van der Waals surface area (Å²) >= 11 is 0. The Morgan fingerprint density at radius 2 is 1.93 bits per heavy atom. The summed E-state index contributed by atoms with van der Waals surface area (Å²) in [5, 5.41) is 14.4. The number of likely N-dealkylation sites (tertiary alicyclic amines) is 1. The van der Waals surface area contributed by atoms with Crippen molar-refractivity contribution in [1.82, 2.24) is 30.4 Å². The molecule has 1 aliphatic heterocycles. The molecule has 4 rings (SSSR count). The number of benzene rings is 2. The van der Waals surface area contributed by atoms with Crippen LogP contribution in [0.4, 0.5) is 0 Å². The summed E-state index contributed by atoms with van der Waals surface area (Å²) in [5.74, 6) is -0.0634. The molecule has 0 spiro atoms. The number of carbonyl (C=O) groups is 1. The fraction of sp³-hybridized carbons (Fsp3) is 0.333. The van der Waals surface area contributed by atoms with Gasteiger partial charge in [-0.15, -0.1) is 5.10 Å². The van der Waals surface area contributed by atoms with Crippen molar-refractivity contribution in [3.8, 4) is 5.69 Å². The van der Waals surface area contributed by atoms with E-state index in [0.717, 1.165) is 24.3 Å². The second-order valence-electron chi connectivity index (χ2n) is 7.14. The first-order valence-corrected chi connectivity index (χ1v) is 9.63. The highest BCUT2D eigenvalue weighted by molar-refractivity contribution is 5.94. The Bertz CT molecular complexity index is 919. The molecule has 2 heterocycles. The minimum absolute atomic E-state index is 0.0634. The van der Waals surface area contributed by atoms with Gasteiger partial charge in [-0.3, -0.25) is 9.69 Å². The van der Waals surface area contributed by atoms with Gasteiger partial charge in [0.1, 0.15) is 6.33 Å². The summed E-state index contributed by atoms with van der Waals surface area (Å²) in [4.78, 5) is 15.2. The van der Waals surface area contributed by atoms with Crippen LogP contribution in [0.15, 0.2) is 54.9 Å². The van der Waals surface area contributed by atoms with Crippen LogP contribution in [0.3, 0.4) is 0 Å². The smallest absolute Gasteiger partial charge is 0.251 e. The predicted molar refractivity (Wildman–Crippen MR) is 106 cm³/mol. The normalized spacial score (nSPS) is 15.5. The number of amides is 1. The Hall–Kier alpha value is -3.06. The maximum Gasteiger partial charge on any atom is 0.251 e. The number of aryl methyl sites for hydroxylation is 1. The zero-order chi connectivity index (χ0) is 19.3. The highest BCUT2D eigenvalue weighted by Gasteiger charge is 2.24. The molecule has 1 saturated heterocycles. The van der Waals surface area contributed by atoms with E-state index in [9.17, 15) is 4.79 Å². The second-order valence-corrected chi connectivity index (χ2v) is 7.14. The van der Waals surface area contributed by atoms with E-state index >= 15 is 0 Å². The molecule has 1 aliphatic rings. The third-order valence-corrected chi connectivity index (χ3v) is 5.28. The number of carbonyl (C=O) groups excluding carboxylic acids is 1. The molecule has 1 aromatic heterocycles. The van der Waals surface area contributed by atoms with Crippen LogP contribution in [0.1, 0.15) is 40.4 Å². The summed E-state index contributed by atoms with van der Waals surface area (Å²) in [7, 11) is 0. The summed E-state index contributed by atoms with van der Waals surface area (Å²) in [5.41, 5.74) is 3.69. The summed E-state index contributed by atoms with van der Waals surface area (Å²) in [6.07, 6.45) is 3.98. The van der Waals surface area contributed by atoms with Crippen molar-refractivity contribution < 1.29 is 4.79 Å². The van der Waals surface area contributed by atoms with Crippen molar-refractivity contribution in [3.05, 3.63) is 71.5 Å². The van der Waals surface area contributed by atoms with Crippen LogP contribution in [0.25, 0.3) is 5.69 Å². The van der Waals surface area contributed by atoms with Crippen molar-refractivity contribution in [3.63, 3.8) is 0 Å². The van der Waals surface area contributed by atoms with Gasteiger partial charge in [-0.05, 0) is 72.6 Å². The minimum atomic E-state index is -0.0634. The standard InChI is InChI=1S/C21H24N6O/c1-16-13-18(9-10-19(16)27-15-23-24-25-27)21(28)22-14-20(26-11-5-6-12-26)17-7-3-2-4-8-17/h2-4,7-10,13,15,20H,5-6,11-12,14H2,1H3,(H,22,28). The van der Waals surface area contributed by atoms with Crippen LogP contribution >= 0.6 is 0 Å². The SMILES string of the molecule is Cc1cc(C(=O)NCC(c2ccccc2)N2CCCC2)ccc1-n1cnnn1. The number of nitrogens with one attached hydrogen (secondary N) is 1. The number of hydrogen-bond donors (Lipinski definition) is 1. The van der Waals surface area contributed by atoms with E-state index in [1.54, 1.807) is 11.0 Å². The van der Waals surface area contributed by atoms with Crippen LogP contribution in [0.5, 0.6) is 0 Å². The molecule has 7 nitrogen and oxygen atoms in total. The Balaban J connectivity index is 1.47. The highest BCUT2D eigenvalue weighted by Crippen LogP contribution is 2.24.